The van der Waals surface area contributed by atoms with E-state index in [1.54, 1.807) is 6.07 Å². The fourth-order valence-corrected chi connectivity index (χ4v) is 3.84. The number of hydrogen-bond acceptors (Lipinski definition) is 12. The van der Waals surface area contributed by atoms with Crippen LogP contribution in [0.3, 0.4) is 0 Å². The first kappa shape index (κ1) is 23.3. The number of fused-ring (bicyclic) bond motifs is 1. The Morgan fingerprint density at radius 1 is 0.969 bits per heavy atom. The number of aliphatic hydroxyl groups is 6. The topological polar surface area (TPSA) is 185 Å². The quantitative estimate of drug-likeness (QED) is 0.251. The molecule has 1 aromatic rings. The minimum Gasteiger partial charge on any atom is -0.461 e. The minimum absolute atomic E-state index is 0.0866. The first-order valence-corrected chi connectivity index (χ1v) is 10.1. The summed E-state index contributed by atoms with van der Waals surface area (Å²) in [5, 5.41) is 60.1. The predicted octanol–water partition coefficient (Wildman–Crippen LogP) is -2.69. The molecule has 9 atom stereocenters. The van der Waals surface area contributed by atoms with Crippen molar-refractivity contribution in [3.8, 4) is 5.75 Å². The van der Waals surface area contributed by atoms with Gasteiger partial charge in [-0.1, -0.05) is 6.07 Å². The number of benzene rings is 1. The van der Waals surface area contributed by atoms with Crippen molar-refractivity contribution < 1.29 is 59.1 Å². The lowest BCUT2D eigenvalue weighted by atomic mass is 9.99. The summed E-state index contributed by atoms with van der Waals surface area (Å²) in [6.45, 7) is 1.21. The van der Waals surface area contributed by atoms with Crippen LogP contribution in [0.4, 0.5) is 0 Å². The monoisotopic (exact) mass is 458 g/mol. The van der Waals surface area contributed by atoms with Crippen molar-refractivity contribution in [2.24, 2.45) is 0 Å². The van der Waals surface area contributed by atoms with Crippen molar-refractivity contribution in [2.75, 3.05) is 13.2 Å². The van der Waals surface area contributed by atoms with Gasteiger partial charge >= 0.3 is 5.97 Å². The van der Waals surface area contributed by atoms with Crippen LogP contribution in [0.15, 0.2) is 12.1 Å². The molecule has 0 bridgehead atoms. The van der Waals surface area contributed by atoms with Gasteiger partial charge in [-0.25, -0.2) is 4.79 Å². The summed E-state index contributed by atoms with van der Waals surface area (Å²) in [7, 11) is 0. The number of hydrogen-bond donors (Lipinski definition) is 6. The Hall–Kier alpha value is -1.87. The number of esters is 1. The molecule has 178 valence electrons. The van der Waals surface area contributed by atoms with E-state index >= 15 is 0 Å². The highest BCUT2D eigenvalue weighted by Gasteiger charge is 2.47. The maximum Gasteiger partial charge on any atom is 0.342 e. The molecule has 2 saturated heterocycles. The molecule has 0 amide bonds. The molecule has 32 heavy (non-hydrogen) atoms. The Balaban J connectivity index is 1.46. The van der Waals surface area contributed by atoms with Crippen LogP contribution in [-0.4, -0.2) is 105 Å². The summed E-state index contributed by atoms with van der Waals surface area (Å²) >= 11 is 0. The SMILES string of the molecule is Cc1ccc(O[C@@H]2O[C@H](CO[C@H]3OC[C@H](O)[C@@H](O)[C@@H]3O)[C@@H](O)[C@@H](O)[C@H]2O)c2c1COC2=O. The van der Waals surface area contributed by atoms with E-state index in [9.17, 15) is 35.4 Å². The van der Waals surface area contributed by atoms with E-state index in [4.69, 9.17) is 23.7 Å². The van der Waals surface area contributed by atoms with Crippen LogP contribution in [0.25, 0.3) is 0 Å². The third-order valence-corrected chi connectivity index (χ3v) is 5.85. The number of ether oxygens (including phenoxy) is 5. The second kappa shape index (κ2) is 9.17. The van der Waals surface area contributed by atoms with Crippen LogP contribution in [0, 0.1) is 6.92 Å². The molecule has 3 heterocycles. The molecule has 0 saturated carbocycles. The van der Waals surface area contributed by atoms with Crippen LogP contribution in [0.1, 0.15) is 21.5 Å². The van der Waals surface area contributed by atoms with Gasteiger partial charge in [0, 0.05) is 5.56 Å². The molecule has 0 aliphatic carbocycles. The van der Waals surface area contributed by atoms with E-state index in [1.807, 2.05) is 6.92 Å². The van der Waals surface area contributed by atoms with Crippen molar-refractivity contribution >= 4 is 5.97 Å². The molecule has 12 nitrogen and oxygen atoms in total. The molecule has 12 heteroatoms. The van der Waals surface area contributed by atoms with Gasteiger partial charge in [-0.15, -0.1) is 0 Å². The zero-order chi connectivity index (χ0) is 23.2. The largest absolute Gasteiger partial charge is 0.461 e. The molecule has 6 N–H and O–H groups in total. The van der Waals surface area contributed by atoms with E-state index in [0.717, 1.165) is 5.56 Å². The molecule has 3 aliphatic rings. The average molecular weight is 458 g/mol. The van der Waals surface area contributed by atoms with E-state index in [-0.39, 0.29) is 24.5 Å². The fourth-order valence-electron chi connectivity index (χ4n) is 3.84. The minimum atomic E-state index is -1.67. The predicted molar refractivity (Wildman–Crippen MR) is 101 cm³/mol. The van der Waals surface area contributed by atoms with Crippen LogP contribution in [0.2, 0.25) is 0 Å². The van der Waals surface area contributed by atoms with E-state index in [0.29, 0.717) is 5.56 Å². The summed E-state index contributed by atoms with van der Waals surface area (Å²) in [4.78, 5) is 12.1. The Labute approximate surface area is 182 Å². The maximum atomic E-state index is 12.1. The van der Waals surface area contributed by atoms with Crippen LogP contribution in [-0.2, 0) is 25.6 Å². The van der Waals surface area contributed by atoms with E-state index in [1.165, 1.54) is 6.07 Å². The Bertz CT molecular complexity index is 846. The van der Waals surface area contributed by atoms with Gasteiger partial charge in [-0.05, 0) is 18.6 Å². The highest BCUT2D eigenvalue weighted by molar-refractivity contribution is 5.96. The zero-order valence-corrected chi connectivity index (χ0v) is 17.1. The molecular weight excluding hydrogens is 432 g/mol. The van der Waals surface area contributed by atoms with Crippen LogP contribution in [0.5, 0.6) is 5.75 Å². The van der Waals surface area contributed by atoms with Gasteiger partial charge < -0.3 is 54.3 Å². The van der Waals surface area contributed by atoms with Crippen molar-refractivity contribution in [2.45, 2.75) is 68.8 Å². The molecule has 0 spiro atoms. The van der Waals surface area contributed by atoms with Gasteiger partial charge in [0.2, 0.25) is 6.29 Å². The summed E-state index contributed by atoms with van der Waals surface area (Å²) in [5.41, 5.74) is 1.66. The van der Waals surface area contributed by atoms with Gasteiger partial charge in [0.1, 0.15) is 60.6 Å². The van der Waals surface area contributed by atoms with Gasteiger partial charge in [-0.2, -0.15) is 0 Å². The molecule has 1 aromatic carbocycles. The van der Waals surface area contributed by atoms with Crippen LogP contribution < -0.4 is 4.74 Å². The lowest BCUT2D eigenvalue weighted by Crippen LogP contribution is -2.61. The smallest absolute Gasteiger partial charge is 0.342 e. The normalized spacial score (nSPS) is 39.5. The summed E-state index contributed by atoms with van der Waals surface area (Å²) in [5.74, 6) is -0.503. The van der Waals surface area contributed by atoms with E-state index < -0.39 is 67.9 Å². The van der Waals surface area contributed by atoms with Gasteiger partial charge in [0.05, 0.1) is 13.2 Å². The van der Waals surface area contributed by atoms with Crippen LogP contribution >= 0.6 is 0 Å². The first-order chi connectivity index (χ1) is 15.2. The lowest BCUT2D eigenvalue weighted by molar-refractivity contribution is -0.307. The third-order valence-electron chi connectivity index (χ3n) is 5.85. The first-order valence-electron chi connectivity index (χ1n) is 10.1. The average Bonchev–Trinajstić information content (AvgIpc) is 3.17. The van der Waals surface area contributed by atoms with E-state index in [2.05, 4.69) is 0 Å². The molecule has 0 aromatic heterocycles. The number of rotatable bonds is 5. The zero-order valence-electron chi connectivity index (χ0n) is 17.1. The van der Waals surface area contributed by atoms with Gasteiger partial charge in [-0.3, -0.25) is 0 Å². The highest BCUT2D eigenvalue weighted by Crippen LogP contribution is 2.34. The van der Waals surface area contributed by atoms with Gasteiger partial charge in [0.15, 0.2) is 6.29 Å². The number of cyclic esters (lactones) is 1. The number of aryl methyl sites for hydroxylation is 1. The Kier molecular flexibility index (Phi) is 6.68. The van der Waals surface area contributed by atoms with Gasteiger partial charge in [0.25, 0.3) is 0 Å². The molecule has 3 aliphatic heterocycles. The second-order valence-electron chi connectivity index (χ2n) is 8.03. The molecule has 0 unspecified atom stereocenters. The maximum absolute atomic E-state index is 12.1. The molecule has 0 radical (unpaired) electrons. The lowest BCUT2D eigenvalue weighted by Gasteiger charge is -2.41. The molecule has 2 fully saturated rings. The highest BCUT2D eigenvalue weighted by atomic mass is 16.7. The second-order valence-corrected chi connectivity index (χ2v) is 8.03. The summed E-state index contributed by atoms with van der Waals surface area (Å²) < 4.78 is 26.8. The van der Waals surface area contributed by atoms with Crippen molar-refractivity contribution in [1.82, 2.24) is 0 Å². The fraction of sp³-hybridized carbons (Fsp3) is 0.650. The van der Waals surface area contributed by atoms with Crippen molar-refractivity contribution in [3.05, 3.63) is 28.8 Å². The standard InChI is InChI=1S/C20H26O12/c1-7-2-3-10(12-8(7)4-28-18(12)27)31-20-17(26)15(24)14(23)11(32-20)6-30-19-16(25)13(22)9(21)5-29-19/h2-3,9,11,13-17,19-26H,4-6H2,1H3/t9-,11+,13+,14+,15+,16-,17+,19+,20+/m0/s1. The summed E-state index contributed by atoms with van der Waals surface area (Å²) in [6, 6.07) is 3.22. The third kappa shape index (κ3) is 4.21. The molecular formula is C20H26O12. The number of carbonyl (C=O) groups excluding carboxylic acids is 1. The molecule has 4 rings (SSSR count). The van der Waals surface area contributed by atoms with Crippen molar-refractivity contribution in [1.29, 1.82) is 0 Å². The number of aliphatic hydroxyl groups excluding tert-OH is 6. The summed E-state index contributed by atoms with van der Waals surface area (Å²) in [6.07, 6.45) is -13.2. The Morgan fingerprint density at radius 2 is 1.69 bits per heavy atom. The number of carbonyl (C=O) groups is 1. The Morgan fingerprint density at radius 3 is 2.44 bits per heavy atom. The van der Waals surface area contributed by atoms with Crippen molar-refractivity contribution in [3.63, 3.8) is 0 Å².